The normalized spacial score (nSPS) is 15.0. The monoisotopic (exact) mass is 607 g/mol. The number of nitrogens with one attached hydrogen (secondary N) is 1. The molecule has 0 aromatic heterocycles. The largest absolute Gasteiger partial charge is 0.508 e. The fourth-order valence-corrected chi connectivity index (χ4v) is 4.94. The van der Waals surface area contributed by atoms with E-state index >= 15 is 0 Å². The number of aromatic hydroxyl groups is 1. The highest BCUT2D eigenvalue weighted by Gasteiger charge is 2.47. The highest BCUT2D eigenvalue weighted by atomic mass is 16.5. The Morgan fingerprint density at radius 1 is 0.953 bits per heavy atom. The predicted molar refractivity (Wildman–Crippen MR) is 165 cm³/mol. The zero-order valence-corrected chi connectivity index (χ0v) is 26.1. The number of esters is 1. The molecule has 0 saturated carbocycles. The number of allylic oxidation sites excluding steroid dienone is 1. The first kappa shape index (κ1) is 38.1. The van der Waals surface area contributed by atoms with Crippen LogP contribution in [0.15, 0.2) is 36.4 Å². The van der Waals surface area contributed by atoms with Crippen LogP contribution in [-0.2, 0) is 30.3 Å². The Bertz CT molecular complexity index is 966. The average molecular weight is 608 g/mol. The number of benzene rings is 1. The van der Waals surface area contributed by atoms with Gasteiger partial charge in [0.1, 0.15) is 11.8 Å². The number of phenols is 1. The first-order valence-corrected chi connectivity index (χ1v) is 15.5. The fourth-order valence-electron chi connectivity index (χ4n) is 4.94. The summed E-state index contributed by atoms with van der Waals surface area (Å²) < 4.78 is 9.83. The van der Waals surface area contributed by atoms with E-state index in [1.807, 2.05) is 0 Å². The molecule has 0 spiro atoms. The van der Waals surface area contributed by atoms with Crippen LogP contribution in [0, 0.1) is 5.92 Å². The van der Waals surface area contributed by atoms with Crippen LogP contribution in [-0.4, -0.2) is 76.8 Å². The van der Waals surface area contributed by atoms with Crippen molar-refractivity contribution in [3.05, 3.63) is 42.0 Å². The number of unbranched alkanes of at least 4 members (excludes halogenated alkanes) is 8. The molecule has 1 aromatic carbocycles. The van der Waals surface area contributed by atoms with Gasteiger partial charge in [0, 0.05) is 26.6 Å². The Balaban J connectivity index is 2.80. The van der Waals surface area contributed by atoms with Gasteiger partial charge < -0.3 is 35.2 Å². The van der Waals surface area contributed by atoms with Gasteiger partial charge in [-0.3, -0.25) is 4.79 Å². The molecule has 0 aliphatic rings. The zero-order chi connectivity index (χ0) is 32.1. The lowest BCUT2D eigenvalue weighted by molar-refractivity contribution is -0.169. The molecule has 1 aromatic rings. The molecule has 10 nitrogen and oxygen atoms in total. The average Bonchev–Trinajstić information content (AvgIpc) is 2.99. The van der Waals surface area contributed by atoms with Crippen molar-refractivity contribution >= 4 is 17.8 Å². The molecule has 10 heteroatoms. The summed E-state index contributed by atoms with van der Waals surface area (Å²) >= 11 is 0. The standard InChI is InChI=1S/C33H53NO9/c1-4-5-6-9-12-15-26(35)16-13-10-7-8-11-14-17-28(33(41,32(39)40)22-23-42-2)30(37)34-29(31(38)43-3)24-25-18-20-27(36)21-19-25/h14,17-21,26,28-29,35-36,41H,4-13,15-16,22-24H2,1-3H3,(H,34,37)(H,39,40)/b17-14+/t26?,28-,29+,33+/m1/s1. The summed E-state index contributed by atoms with van der Waals surface area (Å²) in [6.07, 6.45) is 14.2. The molecule has 1 rings (SSSR count). The van der Waals surface area contributed by atoms with Crippen LogP contribution in [0.5, 0.6) is 5.75 Å². The number of rotatable bonds is 24. The van der Waals surface area contributed by atoms with Crippen molar-refractivity contribution in [1.29, 1.82) is 0 Å². The Morgan fingerprint density at radius 3 is 2.12 bits per heavy atom. The van der Waals surface area contributed by atoms with Crippen molar-refractivity contribution in [2.75, 3.05) is 20.8 Å². The van der Waals surface area contributed by atoms with Crippen LogP contribution in [0.25, 0.3) is 0 Å². The van der Waals surface area contributed by atoms with E-state index in [9.17, 15) is 34.8 Å². The van der Waals surface area contributed by atoms with Crippen LogP contribution in [0.4, 0.5) is 0 Å². The molecule has 1 unspecified atom stereocenters. The van der Waals surface area contributed by atoms with Crippen LogP contribution >= 0.6 is 0 Å². The van der Waals surface area contributed by atoms with Crippen molar-refractivity contribution in [1.82, 2.24) is 5.32 Å². The van der Waals surface area contributed by atoms with E-state index in [2.05, 4.69) is 12.2 Å². The Kier molecular flexibility index (Phi) is 19.2. The van der Waals surface area contributed by atoms with Gasteiger partial charge in [0.25, 0.3) is 0 Å². The molecule has 0 bridgehead atoms. The summed E-state index contributed by atoms with van der Waals surface area (Å²) in [6, 6.07) is 4.93. The van der Waals surface area contributed by atoms with Gasteiger partial charge in [0.05, 0.1) is 19.1 Å². The number of aliphatic carboxylic acids is 1. The SMILES string of the molecule is CCCCCCCC(O)CCCCCC/C=C/[C@H](C(=O)N[C@@H](Cc1ccc(O)cc1)C(=O)OC)[C@@](O)(CCOC)C(=O)O. The lowest BCUT2D eigenvalue weighted by atomic mass is 9.83. The third-order valence-corrected chi connectivity index (χ3v) is 7.66. The molecule has 1 amide bonds. The second-order valence-corrected chi connectivity index (χ2v) is 11.2. The highest BCUT2D eigenvalue weighted by Crippen LogP contribution is 2.26. The van der Waals surface area contributed by atoms with E-state index in [-0.39, 0.29) is 31.3 Å². The van der Waals surface area contributed by atoms with E-state index in [0.717, 1.165) is 44.9 Å². The van der Waals surface area contributed by atoms with E-state index in [1.54, 1.807) is 18.2 Å². The summed E-state index contributed by atoms with van der Waals surface area (Å²) in [7, 11) is 2.54. The minimum absolute atomic E-state index is 0.0340. The molecular formula is C33H53NO9. The maximum Gasteiger partial charge on any atom is 0.336 e. The fraction of sp³-hybridized carbons (Fsp3) is 0.667. The van der Waals surface area contributed by atoms with Gasteiger partial charge in [-0.25, -0.2) is 9.59 Å². The molecule has 0 heterocycles. The Hall–Kier alpha value is -2.95. The maximum atomic E-state index is 13.4. The predicted octanol–water partition coefficient (Wildman–Crippen LogP) is 4.68. The molecule has 0 aliphatic carbocycles. The van der Waals surface area contributed by atoms with Gasteiger partial charge in [-0.15, -0.1) is 0 Å². The van der Waals surface area contributed by atoms with Crippen LogP contribution < -0.4 is 5.32 Å². The summed E-state index contributed by atoms with van der Waals surface area (Å²) in [5.41, 5.74) is -1.84. The van der Waals surface area contributed by atoms with Crippen LogP contribution in [0.2, 0.25) is 0 Å². The molecule has 0 fully saturated rings. The van der Waals surface area contributed by atoms with Crippen molar-refractivity contribution in [2.24, 2.45) is 5.92 Å². The maximum absolute atomic E-state index is 13.4. The number of hydrogen-bond donors (Lipinski definition) is 5. The van der Waals surface area contributed by atoms with Gasteiger partial charge in [-0.05, 0) is 43.4 Å². The molecule has 4 atom stereocenters. The number of carboxylic acid groups (broad SMARTS) is 1. The number of carboxylic acids is 1. The van der Waals surface area contributed by atoms with Crippen molar-refractivity contribution in [2.45, 2.75) is 115 Å². The number of carbonyl (C=O) groups excluding carboxylic acids is 2. The quantitative estimate of drug-likeness (QED) is 0.0638. The second kappa shape index (κ2) is 21.7. The summed E-state index contributed by atoms with van der Waals surface area (Å²) in [4.78, 5) is 38.1. The van der Waals surface area contributed by atoms with E-state index in [0.29, 0.717) is 12.0 Å². The first-order chi connectivity index (χ1) is 20.6. The van der Waals surface area contributed by atoms with Crippen molar-refractivity contribution in [3.63, 3.8) is 0 Å². The highest BCUT2D eigenvalue weighted by molar-refractivity contribution is 5.92. The van der Waals surface area contributed by atoms with E-state index < -0.39 is 35.4 Å². The van der Waals surface area contributed by atoms with Crippen molar-refractivity contribution in [3.8, 4) is 5.75 Å². The number of aliphatic hydroxyl groups is 2. The third-order valence-electron chi connectivity index (χ3n) is 7.66. The van der Waals surface area contributed by atoms with E-state index in [1.165, 1.54) is 58.1 Å². The zero-order valence-electron chi connectivity index (χ0n) is 26.1. The van der Waals surface area contributed by atoms with Crippen molar-refractivity contribution < 1.29 is 44.3 Å². The van der Waals surface area contributed by atoms with Gasteiger partial charge >= 0.3 is 11.9 Å². The van der Waals surface area contributed by atoms with Crippen LogP contribution in [0.1, 0.15) is 96.0 Å². The third kappa shape index (κ3) is 14.9. The van der Waals surface area contributed by atoms with Crippen LogP contribution in [0.3, 0.4) is 0 Å². The Morgan fingerprint density at radius 2 is 1.56 bits per heavy atom. The van der Waals surface area contributed by atoms with Gasteiger partial charge in [-0.1, -0.05) is 82.6 Å². The second-order valence-electron chi connectivity index (χ2n) is 11.2. The molecule has 0 aliphatic heterocycles. The number of phenolic OH excluding ortho intramolecular Hbond substituents is 1. The summed E-state index contributed by atoms with van der Waals surface area (Å²) in [5.74, 6) is -4.61. The minimum Gasteiger partial charge on any atom is -0.508 e. The molecular weight excluding hydrogens is 554 g/mol. The van der Waals surface area contributed by atoms with E-state index in [4.69, 9.17) is 9.47 Å². The number of hydrogen-bond acceptors (Lipinski definition) is 8. The van der Waals surface area contributed by atoms with Gasteiger partial charge in [-0.2, -0.15) is 0 Å². The number of carbonyl (C=O) groups is 3. The molecule has 43 heavy (non-hydrogen) atoms. The molecule has 5 N–H and O–H groups in total. The number of ether oxygens (including phenoxy) is 2. The van der Waals surface area contributed by atoms with Gasteiger partial charge in [0.15, 0.2) is 5.60 Å². The molecule has 0 radical (unpaired) electrons. The smallest absolute Gasteiger partial charge is 0.336 e. The topological polar surface area (TPSA) is 163 Å². The lowest BCUT2D eigenvalue weighted by Crippen LogP contribution is -2.55. The minimum atomic E-state index is -2.47. The van der Waals surface area contributed by atoms with Gasteiger partial charge in [0.2, 0.25) is 5.91 Å². The summed E-state index contributed by atoms with van der Waals surface area (Å²) in [5, 5.41) is 43.3. The first-order valence-electron chi connectivity index (χ1n) is 15.5. The molecule has 0 saturated heterocycles. The number of aliphatic hydroxyl groups excluding tert-OH is 1. The summed E-state index contributed by atoms with van der Waals surface area (Å²) in [6.45, 7) is 2.09. The Labute approximate surface area is 256 Å². The number of amides is 1. The number of methoxy groups -OCH3 is 2. The molecule has 244 valence electrons. The lowest BCUT2D eigenvalue weighted by Gasteiger charge is -2.30.